The van der Waals surface area contributed by atoms with Gasteiger partial charge in [0, 0.05) is 33.4 Å². The quantitative estimate of drug-likeness (QED) is 0.190. The Bertz CT molecular complexity index is 917. The second-order valence-electron chi connectivity index (χ2n) is 10.1. The summed E-state index contributed by atoms with van der Waals surface area (Å²) in [6.07, 6.45) is 21.8. The molecule has 2 aromatic carbocycles. The first-order chi connectivity index (χ1) is 17.3. The normalized spacial score (nSPS) is 13.1. The largest absolute Gasteiger partial charge is 0.493 e. The van der Waals surface area contributed by atoms with Gasteiger partial charge in [-0.3, -0.25) is 0 Å². The minimum absolute atomic E-state index is 0.738. The van der Waals surface area contributed by atoms with Gasteiger partial charge in [-0.2, -0.15) is 0 Å². The Labute approximate surface area is 219 Å². The van der Waals surface area contributed by atoms with Gasteiger partial charge in [0.05, 0.1) is 13.2 Å². The maximum Gasteiger partial charge on any atom is 0.131 e. The predicted octanol–water partition coefficient (Wildman–Crippen LogP) is 10.3. The third-order valence-corrected chi connectivity index (χ3v) is 7.48. The molecule has 0 fully saturated rings. The van der Waals surface area contributed by atoms with Crippen molar-refractivity contribution in [2.24, 2.45) is 0 Å². The number of fused-ring (bicyclic) bond motifs is 2. The van der Waals surface area contributed by atoms with Crippen molar-refractivity contribution in [3.05, 3.63) is 46.5 Å². The molecule has 1 aliphatic carbocycles. The molecule has 35 heavy (non-hydrogen) atoms. The summed E-state index contributed by atoms with van der Waals surface area (Å²) in [5, 5.41) is 3.25. The molecular weight excluding hydrogens is 452 g/mol. The maximum atomic E-state index is 6.53. The molecule has 3 rings (SSSR count). The highest BCUT2D eigenvalue weighted by Crippen LogP contribution is 2.44. The van der Waals surface area contributed by atoms with Crippen molar-refractivity contribution in [2.75, 3.05) is 13.2 Å². The first kappa shape index (κ1) is 27.9. The Morgan fingerprint density at radius 1 is 0.629 bits per heavy atom. The standard InChI is InChI=1S/C32H47ClO2/c1-3-5-7-9-11-13-17-23-34-31-27-19-15-16-20-28(27)32(30-25-26(33)21-22-29(30)31)35-24-18-14-12-10-8-6-4-2/h15-16,19-21H,3-14,17-18,22-25H2,1-2H3. The van der Waals surface area contributed by atoms with E-state index >= 15 is 0 Å². The summed E-state index contributed by atoms with van der Waals surface area (Å²) in [6.45, 7) is 6.09. The number of rotatable bonds is 18. The molecule has 0 amide bonds. The third-order valence-electron chi connectivity index (χ3n) is 7.19. The van der Waals surface area contributed by atoms with E-state index < -0.39 is 0 Å². The van der Waals surface area contributed by atoms with Crippen LogP contribution in [0.25, 0.3) is 10.8 Å². The van der Waals surface area contributed by atoms with E-state index in [1.165, 1.54) is 93.6 Å². The molecule has 0 radical (unpaired) electrons. The van der Waals surface area contributed by atoms with Crippen LogP contribution in [-0.4, -0.2) is 13.2 Å². The minimum atomic E-state index is 0.738. The van der Waals surface area contributed by atoms with Gasteiger partial charge < -0.3 is 9.47 Å². The van der Waals surface area contributed by atoms with Gasteiger partial charge in [-0.1, -0.05) is 133 Å². The van der Waals surface area contributed by atoms with Gasteiger partial charge in [0.2, 0.25) is 0 Å². The van der Waals surface area contributed by atoms with E-state index in [4.69, 9.17) is 21.1 Å². The Morgan fingerprint density at radius 2 is 1.09 bits per heavy atom. The smallest absolute Gasteiger partial charge is 0.131 e. The number of halogens is 1. The zero-order valence-electron chi connectivity index (χ0n) is 22.3. The maximum absolute atomic E-state index is 6.53. The highest BCUT2D eigenvalue weighted by Gasteiger charge is 2.24. The SMILES string of the molecule is CCCCCCCCCOc1c2c(c(OCCCCCCCCC)c3ccccc13)CC(Cl)=CC2. The van der Waals surface area contributed by atoms with Crippen molar-refractivity contribution in [3.8, 4) is 11.5 Å². The van der Waals surface area contributed by atoms with Crippen molar-refractivity contribution in [1.29, 1.82) is 0 Å². The summed E-state index contributed by atoms with van der Waals surface area (Å²) in [5.74, 6) is 2.07. The molecule has 3 heteroatoms. The lowest BCUT2D eigenvalue weighted by atomic mass is 9.90. The van der Waals surface area contributed by atoms with Crippen LogP contribution in [0.4, 0.5) is 0 Å². The van der Waals surface area contributed by atoms with Crippen molar-refractivity contribution in [3.63, 3.8) is 0 Å². The Hall–Kier alpha value is -1.67. The number of hydrogen-bond donors (Lipinski definition) is 0. The molecule has 0 saturated carbocycles. The highest BCUT2D eigenvalue weighted by atomic mass is 35.5. The summed E-state index contributed by atoms with van der Waals surface area (Å²) in [5.41, 5.74) is 2.50. The molecule has 0 bridgehead atoms. The summed E-state index contributed by atoms with van der Waals surface area (Å²) < 4.78 is 13.0. The zero-order chi connectivity index (χ0) is 24.7. The fourth-order valence-electron chi connectivity index (χ4n) is 5.13. The number of ether oxygens (including phenoxy) is 2. The van der Waals surface area contributed by atoms with Crippen LogP contribution in [0.15, 0.2) is 35.4 Å². The second-order valence-corrected chi connectivity index (χ2v) is 10.6. The van der Waals surface area contributed by atoms with Crippen LogP contribution in [0.1, 0.15) is 115 Å². The molecule has 194 valence electrons. The van der Waals surface area contributed by atoms with Crippen LogP contribution in [0.5, 0.6) is 11.5 Å². The van der Waals surface area contributed by atoms with Gasteiger partial charge in [0.1, 0.15) is 11.5 Å². The van der Waals surface area contributed by atoms with Gasteiger partial charge in [-0.15, -0.1) is 0 Å². The van der Waals surface area contributed by atoms with Gasteiger partial charge in [-0.25, -0.2) is 0 Å². The number of benzene rings is 2. The van der Waals surface area contributed by atoms with E-state index in [0.717, 1.165) is 60.8 Å². The van der Waals surface area contributed by atoms with Crippen molar-refractivity contribution in [1.82, 2.24) is 0 Å². The van der Waals surface area contributed by atoms with Crippen LogP contribution in [0.3, 0.4) is 0 Å². The van der Waals surface area contributed by atoms with E-state index in [0.29, 0.717) is 0 Å². The van der Waals surface area contributed by atoms with Gasteiger partial charge in [0.15, 0.2) is 0 Å². The molecule has 2 nitrogen and oxygen atoms in total. The van der Waals surface area contributed by atoms with Crippen LogP contribution in [0, 0.1) is 0 Å². The molecule has 2 aromatic rings. The monoisotopic (exact) mass is 498 g/mol. The summed E-state index contributed by atoms with van der Waals surface area (Å²) >= 11 is 6.53. The van der Waals surface area contributed by atoms with E-state index in [1.807, 2.05) is 0 Å². The fraction of sp³-hybridized carbons (Fsp3) is 0.625. The lowest BCUT2D eigenvalue weighted by molar-refractivity contribution is 0.297. The number of hydrogen-bond acceptors (Lipinski definition) is 2. The van der Waals surface area contributed by atoms with E-state index in [2.05, 4.69) is 44.2 Å². The van der Waals surface area contributed by atoms with Crippen molar-refractivity contribution in [2.45, 2.75) is 117 Å². The Balaban J connectivity index is 1.66. The van der Waals surface area contributed by atoms with Crippen LogP contribution in [0.2, 0.25) is 0 Å². The first-order valence-electron chi connectivity index (χ1n) is 14.4. The molecule has 0 saturated heterocycles. The Kier molecular flexibility index (Phi) is 12.9. The van der Waals surface area contributed by atoms with Crippen molar-refractivity contribution < 1.29 is 9.47 Å². The molecular formula is C32H47ClO2. The summed E-state index contributed by atoms with van der Waals surface area (Å²) in [6, 6.07) is 8.59. The van der Waals surface area contributed by atoms with Crippen LogP contribution >= 0.6 is 11.6 Å². The molecule has 0 unspecified atom stereocenters. The van der Waals surface area contributed by atoms with E-state index in [9.17, 15) is 0 Å². The second kappa shape index (κ2) is 16.1. The van der Waals surface area contributed by atoms with Crippen LogP contribution in [-0.2, 0) is 12.8 Å². The first-order valence-corrected chi connectivity index (χ1v) is 14.8. The summed E-state index contributed by atoms with van der Waals surface area (Å²) in [4.78, 5) is 0. The summed E-state index contributed by atoms with van der Waals surface area (Å²) in [7, 11) is 0. The van der Waals surface area contributed by atoms with E-state index in [-0.39, 0.29) is 0 Å². The van der Waals surface area contributed by atoms with Gasteiger partial charge in [-0.05, 0) is 19.3 Å². The molecule has 1 aliphatic rings. The Morgan fingerprint density at radius 3 is 1.60 bits per heavy atom. The lowest BCUT2D eigenvalue weighted by Crippen LogP contribution is -2.10. The average Bonchev–Trinajstić information content (AvgIpc) is 2.87. The molecule has 0 N–H and O–H groups in total. The highest BCUT2D eigenvalue weighted by molar-refractivity contribution is 6.30. The van der Waals surface area contributed by atoms with Gasteiger partial charge in [0.25, 0.3) is 0 Å². The van der Waals surface area contributed by atoms with Gasteiger partial charge >= 0.3 is 0 Å². The molecule has 0 spiro atoms. The third kappa shape index (κ3) is 8.74. The molecule has 0 aromatic heterocycles. The van der Waals surface area contributed by atoms with E-state index in [1.54, 1.807) is 0 Å². The molecule has 0 atom stereocenters. The predicted molar refractivity (Wildman–Crippen MR) is 152 cm³/mol. The topological polar surface area (TPSA) is 18.5 Å². The fourth-order valence-corrected chi connectivity index (χ4v) is 5.34. The minimum Gasteiger partial charge on any atom is -0.493 e. The number of unbranched alkanes of at least 4 members (excludes halogenated alkanes) is 12. The van der Waals surface area contributed by atoms with Crippen molar-refractivity contribution >= 4 is 22.4 Å². The average molecular weight is 499 g/mol. The zero-order valence-corrected chi connectivity index (χ0v) is 23.1. The number of allylic oxidation sites excluding steroid dienone is 2. The lowest BCUT2D eigenvalue weighted by Gasteiger charge is -2.24. The molecule has 0 heterocycles. The van der Waals surface area contributed by atoms with Crippen LogP contribution < -0.4 is 9.47 Å². The molecule has 0 aliphatic heterocycles.